The summed E-state index contributed by atoms with van der Waals surface area (Å²) >= 11 is 0. The Hall–Kier alpha value is -2.67. The molecule has 142 valence electrons. The van der Waals surface area contributed by atoms with Gasteiger partial charge in [-0.3, -0.25) is 5.21 Å². The molecular weight excluding hydrogens is 342 g/mol. The monoisotopic (exact) mass is 368 g/mol. The highest BCUT2D eigenvalue weighted by Crippen LogP contribution is 2.39. The van der Waals surface area contributed by atoms with Crippen LogP contribution in [0, 0.1) is 5.92 Å². The summed E-state index contributed by atoms with van der Waals surface area (Å²) in [4.78, 5) is 4.86. The molecule has 7 heteroatoms. The van der Waals surface area contributed by atoms with Crippen molar-refractivity contribution in [1.82, 2.24) is 14.6 Å². The third-order valence-corrected chi connectivity index (χ3v) is 5.49. The SMILES string of the molecule is OCC[C@@H]1CCCCC1c1cc(NCc2ccc[n+](O)c2)n2nccc2n1. The van der Waals surface area contributed by atoms with Crippen LogP contribution in [-0.4, -0.2) is 31.5 Å². The molecule has 1 saturated carbocycles. The fourth-order valence-corrected chi connectivity index (χ4v) is 4.16. The van der Waals surface area contributed by atoms with E-state index in [1.807, 2.05) is 16.6 Å². The maximum absolute atomic E-state index is 9.58. The van der Waals surface area contributed by atoms with Gasteiger partial charge in [0.1, 0.15) is 5.82 Å². The minimum atomic E-state index is 0.233. The van der Waals surface area contributed by atoms with Gasteiger partial charge >= 0.3 is 0 Å². The fraction of sp³-hybridized carbons (Fsp3) is 0.450. The van der Waals surface area contributed by atoms with E-state index in [-0.39, 0.29) is 6.61 Å². The van der Waals surface area contributed by atoms with Crippen LogP contribution in [0.2, 0.25) is 0 Å². The fourth-order valence-electron chi connectivity index (χ4n) is 4.16. The maximum atomic E-state index is 9.58. The first kappa shape index (κ1) is 17.7. The lowest BCUT2D eigenvalue weighted by molar-refractivity contribution is -0.905. The molecule has 2 atom stereocenters. The summed E-state index contributed by atoms with van der Waals surface area (Å²) in [6.45, 7) is 0.806. The third kappa shape index (κ3) is 3.88. The molecule has 4 rings (SSSR count). The normalized spacial score (nSPS) is 20.0. The Balaban J connectivity index is 1.63. The smallest absolute Gasteiger partial charge is 0.227 e. The predicted octanol–water partition coefficient (Wildman–Crippen LogP) is 2.52. The maximum Gasteiger partial charge on any atom is 0.227 e. The van der Waals surface area contributed by atoms with Crippen molar-refractivity contribution in [1.29, 1.82) is 0 Å². The molecule has 0 bridgehead atoms. The highest BCUT2D eigenvalue weighted by Gasteiger charge is 2.28. The van der Waals surface area contributed by atoms with Gasteiger partial charge in [0.05, 0.1) is 6.20 Å². The lowest BCUT2D eigenvalue weighted by atomic mass is 9.76. The highest BCUT2D eigenvalue weighted by atomic mass is 16.5. The van der Waals surface area contributed by atoms with Crippen molar-refractivity contribution in [3.8, 4) is 0 Å². The Bertz CT molecular complexity index is 908. The lowest BCUT2D eigenvalue weighted by Crippen LogP contribution is -2.29. The standard InChI is InChI=1S/C20H26N5O2/c26-11-8-16-5-1-2-6-17(16)18-12-20(25-19(23-18)7-9-22-25)21-13-15-4-3-10-24(27)14-15/h3-4,7,9-10,12,14,16-17,21,26-27H,1-2,5-6,8,11,13H2/q+1/t16-,17?/m0/s1. The molecule has 1 unspecified atom stereocenters. The Kier molecular flexibility index (Phi) is 5.20. The van der Waals surface area contributed by atoms with Crippen LogP contribution in [0.4, 0.5) is 5.82 Å². The zero-order valence-electron chi connectivity index (χ0n) is 15.3. The first-order valence-corrected chi connectivity index (χ1v) is 9.63. The van der Waals surface area contributed by atoms with Crippen LogP contribution in [0.1, 0.15) is 49.3 Å². The molecule has 3 heterocycles. The molecule has 0 saturated heterocycles. The largest absolute Gasteiger partial charge is 0.396 e. The molecule has 0 aromatic carbocycles. The van der Waals surface area contributed by atoms with Crippen LogP contribution in [0.5, 0.6) is 0 Å². The van der Waals surface area contributed by atoms with Crippen molar-refractivity contribution < 1.29 is 15.0 Å². The Labute approximate surface area is 158 Å². The number of aliphatic hydroxyl groups excluding tert-OH is 1. The van der Waals surface area contributed by atoms with Crippen molar-refractivity contribution in [2.75, 3.05) is 11.9 Å². The van der Waals surface area contributed by atoms with Gasteiger partial charge in [-0.25, -0.2) is 4.98 Å². The molecule has 0 radical (unpaired) electrons. The molecule has 0 spiro atoms. The first-order chi connectivity index (χ1) is 13.2. The summed E-state index contributed by atoms with van der Waals surface area (Å²) in [6, 6.07) is 7.78. The molecule has 0 aliphatic heterocycles. The minimum absolute atomic E-state index is 0.233. The van der Waals surface area contributed by atoms with Crippen molar-refractivity contribution in [3.63, 3.8) is 0 Å². The van der Waals surface area contributed by atoms with Gasteiger partial charge in [-0.1, -0.05) is 12.8 Å². The van der Waals surface area contributed by atoms with E-state index >= 15 is 0 Å². The molecule has 1 aliphatic rings. The van der Waals surface area contributed by atoms with Gasteiger partial charge in [-0.15, -0.1) is 0 Å². The number of anilines is 1. The highest BCUT2D eigenvalue weighted by molar-refractivity contribution is 5.50. The van der Waals surface area contributed by atoms with E-state index < -0.39 is 0 Å². The zero-order valence-corrected chi connectivity index (χ0v) is 15.3. The topological polar surface area (TPSA) is 86.6 Å². The number of aromatic nitrogens is 4. The van der Waals surface area contributed by atoms with Gasteiger partial charge in [0.25, 0.3) is 0 Å². The third-order valence-electron chi connectivity index (χ3n) is 5.49. The van der Waals surface area contributed by atoms with Gasteiger partial charge in [-0.2, -0.15) is 9.61 Å². The average molecular weight is 368 g/mol. The van der Waals surface area contributed by atoms with Gasteiger partial charge in [0.2, 0.25) is 12.4 Å². The van der Waals surface area contributed by atoms with E-state index in [1.165, 1.54) is 12.8 Å². The second kappa shape index (κ2) is 7.92. The number of aliphatic hydroxyl groups is 1. The average Bonchev–Trinajstić information content (AvgIpc) is 3.16. The van der Waals surface area contributed by atoms with E-state index in [0.717, 1.165) is 46.7 Å². The van der Waals surface area contributed by atoms with Crippen LogP contribution >= 0.6 is 0 Å². The lowest BCUT2D eigenvalue weighted by Gasteiger charge is -2.31. The van der Waals surface area contributed by atoms with Crippen molar-refractivity contribution in [2.24, 2.45) is 5.92 Å². The summed E-state index contributed by atoms with van der Waals surface area (Å²) in [5, 5.41) is 26.8. The molecular formula is C20H26N5O2+. The number of pyridine rings is 1. The number of hydrogen-bond acceptors (Lipinski definition) is 5. The van der Waals surface area contributed by atoms with Gasteiger partial charge in [0, 0.05) is 53.3 Å². The molecule has 1 fully saturated rings. The van der Waals surface area contributed by atoms with E-state index in [4.69, 9.17) is 4.98 Å². The van der Waals surface area contributed by atoms with Crippen LogP contribution in [-0.2, 0) is 6.54 Å². The van der Waals surface area contributed by atoms with Crippen LogP contribution in [0.15, 0.2) is 42.9 Å². The van der Waals surface area contributed by atoms with Crippen molar-refractivity contribution >= 4 is 11.5 Å². The summed E-state index contributed by atoms with van der Waals surface area (Å²) in [5.74, 6) is 1.75. The second-order valence-corrected chi connectivity index (χ2v) is 7.28. The molecule has 27 heavy (non-hydrogen) atoms. The minimum Gasteiger partial charge on any atom is -0.396 e. The molecule has 7 nitrogen and oxygen atoms in total. The second-order valence-electron chi connectivity index (χ2n) is 7.28. The first-order valence-electron chi connectivity index (χ1n) is 9.63. The quantitative estimate of drug-likeness (QED) is 0.460. The Morgan fingerprint density at radius 3 is 3.00 bits per heavy atom. The summed E-state index contributed by atoms with van der Waals surface area (Å²) in [7, 11) is 0. The summed E-state index contributed by atoms with van der Waals surface area (Å²) in [6.07, 6.45) is 10.6. The van der Waals surface area contributed by atoms with E-state index in [9.17, 15) is 10.3 Å². The van der Waals surface area contributed by atoms with Crippen LogP contribution in [0.25, 0.3) is 5.65 Å². The molecule has 0 amide bonds. The van der Waals surface area contributed by atoms with Gasteiger partial charge in [-0.05, 0) is 31.2 Å². The number of nitrogens with one attached hydrogen (secondary N) is 1. The zero-order chi connectivity index (χ0) is 18.6. The molecule has 3 aromatic heterocycles. The number of fused-ring (bicyclic) bond motifs is 1. The number of nitrogens with zero attached hydrogens (tertiary/aromatic N) is 4. The summed E-state index contributed by atoms with van der Waals surface area (Å²) in [5.41, 5.74) is 2.87. The number of hydrogen-bond donors (Lipinski definition) is 3. The van der Waals surface area contributed by atoms with E-state index in [2.05, 4.69) is 16.5 Å². The van der Waals surface area contributed by atoms with Crippen molar-refractivity contribution in [2.45, 2.75) is 44.6 Å². The summed E-state index contributed by atoms with van der Waals surface area (Å²) < 4.78 is 2.86. The predicted molar refractivity (Wildman–Crippen MR) is 101 cm³/mol. The molecule has 1 aliphatic carbocycles. The van der Waals surface area contributed by atoms with Gasteiger partial charge < -0.3 is 10.4 Å². The molecule has 3 N–H and O–H groups in total. The molecule has 3 aromatic rings. The van der Waals surface area contributed by atoms with Crippen LogP contribution in [0.3, 0.4) is 0 Å². The van der Waals surface area contributed by atoms with Gasteiger partial charge in [0.15, 0.2) is 5.65 Å². The van der Waals surface area contributed by atoms with E-state index in [0.29, 0.717) is 18.4 Å². The number of rotatable bonds is 6. The van der Waals surface area contributed by atoms with E-state index in [1.54, 1.807) is 24.7 Å². The Morgan fingerprint density at radius 1 is 1.26 bits per heavy atom. The Morgan fingerprint density at radius 2 is 2.15 bits per heavy atom. The van der Waals surface area contributed by atoms with Crippen LogP contribution < -0.4 is 10.0 Å². The van der Waals surface area contributed by atoms with Crippen molar-refractivity contribution in [3.05, 3.63) is 54.1 Å².